The summed E-state index contributed by atoms with van der Waals surface area (Å²) in [4.78, 5) is 37.1. The fourth-order valence-electron chi connectivity index (χ4n) is 2.45. The van der Waals surface area contributed by atoms with Gasteiger partial charge in [-0.2, -0.15) is 0 Å². The number of carbonyl (C=O) groups is 3. The summed E-state index contributed by atoms with van der Waals surface area (Å²) in [5, 5.41) is 4.90. The highest BCUT2D eigenvalue weighted by Gasteiger charge is 2.23. The minimum Gasteiger partial charge on any atom is -0.366 e. The molecule has 0 fully saturated rings. The lowest BCUT2D eigenvalue weighted by atomic mass is 10.1. The number of hydrogen-bond donors (Lipinski definition) is 3. The quantitative estimate of drug-likeness (QED) is 0.719. The van der Waals surface area contributed by atoms with E-state index >= 15 is 0 Å². The molecule has 0 radical (unpaired) electrons. The summed E-state index contributed by atoms with van der Waals surface area (Å²) < 4.78 is 14.0. The average Bonchev–Trinajstić information content (AvgIpc) is 2.62. The van der Waals surface area contributed by atoms with E-state index in [1.54, 1.807) is 14.1 Å². The monoisotopic (exact) mass is 372 g/mol. The molecule has 8 heteroatoms. The van der Waals surface area contributed by atoms with Crippen LogP contribution in [-0.2, 0) is 11.2 Å². The van der Waals surface area contributed by atoms with Crippen molar-refractivity contribution in [3.05, 3.63) is 65.5 Å². The number of nitrogens with two attached hydrogens (primary N) is 1. The lowest BCUT2D eigenvalue weighted by Gasteiger charge is -2.22. The van der Waals surface area contributed by atoms with Gasteiger partial charge >= 0.3 is 6.03 Å². The third kappa shape index (κ3) is 5.53. The standard InChI is InChI=1S/C19H21FN4O3/c1-24(2)18(26)16(10-12-6-4-3-5-7-12)23-19(27)22-15-9-8-13(17(21)25)11-14(15)20/h3-9,11,16H,10H2,1-2H3,(H2,21,25)(H2,22,23,27)/t16-/m1/s1. The third-order valence-electron chi connectivity index (χ3n) is 3.83. The number of carbonyl (C=O) groups excluding carboxylic acids is 3. The van der Waals surface area contributed by atoms with Crippen LogP contribution in [0, 0.1) is 5.82 Å². The number of rotatable bonds is 6. The molecular weight excluding hydrogens is 351 g/mol. The number of urea groups is 1. The summed E-state index contributed by atoms with van der Waals surface area (Å²) in [6.45, 7) is 0. The SMILES string of the molecule is CN(C)C(=O)[C@@H](Cc1ccccc1)NC(=O)Nc1ccc(C(N)=O)cc1F. The molecule has 2 aromatic carbocycles. The Hall–Kier alpha value is -3.42. The highest BCUT2D eigenvalue weighted by Crippen LogP contribution is 2.15. The van der Waals surface area contributed by atoms with Crippen LogP contribution in [0.15, 0.2) is 48.5 Å². The van der Waals surface area contributed by atoms with Crippen LogP contribution in [0.4, 0.5) is 14.9 Å². The number of primary amides is 1. The molecule has 0 unspecified atom stereocenters. The molecule has 27 heavy (non-hydrogen) atoms. The maximum atomic E-state index is 14.0. The number of amides is 4. The van der Waals surface area contributed by atoms with Gasteiger partial charge < -0.3 is 21.3 Å². The van der Waals surface area contributed by atoms with Crippen LogP contribution in [0.2, 0.25) is 0 Å². The van der Waals surface area contributed by atoms with Crippen LogP contribution < -0.4 is 16.4 Å². The van der Waals surface area contributed by atoms with Crippen LogP contribution in [-0.4, -0.2) is 42.9 Å². The maximum absolute atomic E-state index is 14.0. The van der Waals surface area contributed by atoms with E-state index in [4.69, 9.17) is 5.73 Å². The van der Waals surface area contributed by atoms with E-state index < -0.39 is 23.8 Å². The van der Waals surface area contributed by atoms with E-state index in [0.29, 0.717) is 0 Å². The van der Waals surface area contributed by atoms with Crippen molar-refractivity contribution in [2.24, 2.45) is 5.73 Å². The van der Waals surface area contributed by atoms with E-state index in [2.05, 4.69) is 10.6 Å². The molecule has 4 N–H and O–H groups in total. The Morgan fingerprint density at radius 3 is 2.33 bits per heavy atom. The largest absolute Gasteiger partial charge is 0.366 e. The predicted molar refractivity (Wildman–Crippen MR) is 99.7 cm³/mol. The number of nitrogens with one attached hydrogen (secondary N) is 2. The third-order valence-corrected chi connectivity index (χ3v) is 3.83. The molecule has 0 aliphatic carbocycles. The first-order valence-electron chi connectivity index (χ1n) is 8.20. The van der Waals surface area contributed by atoms with Gasteiger partial charge in [-0.3, -0.25) is 9.59 Å². The van der Waals surface area contributed by atoms with Crippen molar-refractivity contribution in [2.45, 2.75) is 12.5 Å². The Morgan fingerprint density at radius 1 is 1.11 bits per heavy atom. The van der Waals surface area contributed by atoms with Gasteiger partial charge in [0.05, 0.1) is 5.69 Å². The van der Waals surface area contributed by atoms with E-state index in [9.17, 15) is 18.8 Å². The lowest BCUT2D eigenvalue weighted by Crippen LogP contribution is -2.48. The van der Waals surface area contributed by atoms with Crippen molar-refractivity contribution in [3.63, 3.8) is 0 Å². The molecule has 0 heterocycles. The second-order valence-corrected chi connectivity index (χ2v) is 6.13. The zero-order valence-electron chi connectivity index (χ0n) is 15.0. The zero-order valence-corrected chi connectivity index (χ0v) is 15.0. The smallest absolute Gasteiger partial charge is 0.319 e. The molecule has 0 aliphatic rings. The molecule has 0 saturated carbocycles. The van der Waals surface area contributed by atoms with Gasteiger partial charge in [-0.15, -0.1) is 0 Å². The van der Waals surface area contributed by atoms with E-state index in [1.807, 2.05) is 30.3 Å². The van der Waals surface area contributed by atoms with Crippen molar-refractivity contribution in [1.29, 1.82) is 0 Å². The topological polar surface area (TPSA) is 105 Å². The van der Waals surface area contributed by atoms with Crippen molar-refractivity contribution in [1.82, 2.24) is 10.2 Å². The van der Waals surface area contributed by atoms with E-state index in [0.717, 1.165) is 11.6 Å². The van der Waals surface area contributed by atoms with Gasteiger partial charge in [-0.25, -0.2) is 9.18 Å². The van der Waals surface area contributed by atoms with Crippen molar-refractivity contribution in [2.75, 3.05) is 19.4 Å². The van der Waals surface area contributed by atoms with Gasteiger partial charge in [0.2, 0.25) is 11.8 Å². The molecule has 1 atom stereocenters. The highest BCUT2D eigenvalue weighted by molar-refractivity contribution is 5.96. The lowest BCUT2D eigenvalue weighted by molar-refractivity contribution is -0.130. The van der Waals surface area contributed by atoms with Crippen LogP contribution in [0.5, 0.6) is 0 Å². The number of nitrogens with zero attached hydrogens (tertiary/aromatic N) is 1. The van der Waals surface area contributed by atoms with Crippen LogP contribution in [0.25, 0.3) is 0 Å². The van der Waals surface area contributed by atoms with Crippen LogP contribution >= 0.6 is 0 Å². The predicted octanol–water partition coefficient (Wildman–Crippen LogP) is 1.75. The summed E-state index contributed by atoms with van der Waals surface area (Å²) in [7, 11) is 3.17. The second kappa shape index (κ2) is 8.79. The number of benzene rings is 2. The molecule has 142 valence electrons. The first kappa shape index (κ1) is 19.9. The normalized spacial score (nSPS) is 11.4. The molecule has 2 aromatic rings. The fraction of sp³-hybridized carbons (Fsp3) is 0.211. The Bertz CT molecular complexity index is 840. The summed E-state index contributed by atoms with van der Waals surface area (Å²) in [5.41, 5.74) is 5.82. The minimum atomic E-state index is -0.824. The molecule has 0 aromatic heterocycles. The summed E-state index contributed by atoms with van der Waals surface area (Å²) in [6.07, 6.45) is 0.286. The molecule has 0 saturated heterocycles. The van der Waals surface area contributed by atoms with Gasteiger partial charge in [0.1, 0.15) is 11.9 Å². The molecular formula is C19H21FN4O3. The summed E-state index contributed by atoms with van der Waals surface area (Å²) >= 11 is 0. The molecule has 0 aliphatic heterocycles. The number of hydrogen-bond acceptors (Lipinski definition) is 3. The molecule has 0 bridgehead atoms. The molecule has 2 rings (SSSR count). The van der Waals surface area contributed by atoms with Gasteiger partial charge in [-0.1, -0.05) is 30.3 Å². The molecule has 0 spiro atoms. The van der Waals surface area contributed by atoms with Gasteiger partial charge in [0.25, 0.3) is 0 Å². The van der Waals surface area contributed by atoms with Gasteiger partial charge in [0, 0.05) is 26.1 Å². The molecule has 4 amide bonds. The second-order valence-electron chi connectivity index (χ2n) is 6.13. The number of halogens is 1. The Balaban J connectivity index is 2.11. The van der Waals surface area contributed by atoms with Gasteiger partial charge in [0.15, 0.2) is 0 Å². The average molecular weight is 372 g/mol. The zero-order chi connectivity index (χ0) is 20.0. The van der Waals surface area contributed by atoms with Crippen LogP contribution in [0.3, 0.4) is 0 Å². The summed E-state index contributed by atoms with van der Waals surface area (Å²) in [5.74, 6) is -1.87. The van der Waals surface area contributed by atoms with Crippen molar-refractivity contribution >= 4 is 23.5 Å². The fourth-order valence-corrected chi connectivity index (χ4v) is 2.45. The Labute approximate surface area is 156 Å². The minimum absolute atomic E-state index is 0.0109. The summed E-state index contributed by atoms with van der Waals surface area (Å²) in [6, 6.07) is 11.1. The van der Waals surface area contributed by atoms with E-state index in [1.165, 1.54) is 17.0 Å². The first-order valence-corrected chi connectivity index (χ1v) is 8.20. The molecule has 7 nitrogen and oxygen atoms in total. The van der Waals surface area contributed by atoms with E-state index in [-0.39, 0.29) is 23.6 Å². The van der Waals surface area contributed by atoms with Crippen molar-refractivity contribution in [3.8, 4) is 0 Å². The Kier molecular flexibility index (Phi) is 6.48. The highest BCUT2D eigenvalue weighted by atomic mass is 19.1. The van der Waals surface area contributed by atoms with Crippen molar-refractivity contribution < 1.29 is 18.8 Å². The Morgan fingerprint density at radius 2 is 1.78 bits per heavy atom. The van der Waals surface area contributed by atoms with Crippen LogP contribution in [0.1, 0.15) is 15.9 Å². The van der Waals surface area contributed by atoms with Gasteiger partial charge in [-0.05, 0) is 23.8 Å². The first-order chi connectivity index (χ1) is 12.8. The number of anilines is 1. The maximum Gasteiger partial charge on any atom is 0.319 e. The number of likely N-dealkylation sites (N-methyl/N-ethyl adjacent to an activating group) is 1.